The van der Waals surface area contributed by atoms with Crippen molar-refractivity contribution in [3.63, 3.8) is 0 Å². The van der Waals surface area contributed by atoms with E-state index in [4.69, 9.17) is 9.02 Å². The number of pyridine rings is 1. The minimum atomic E-state index is -4.56. The van der Waals surface area contributed by atoms with Crippen LogP contribution >= 0.6 is 0 Å². The van der Waals surface area contributed by atoms with E-state index in [0.717, 1.165) is 24.3 Å². The topological polar surface area (TPSA) is 74.6 Å². The normalized spacial score (nSPS) is 11.7. The predicted molar refractivity (Wildman–Crippen MR) is 107 cm³/mol. The molecule has 1 aromatic heterocycles. The van der Waals surface area contributed by atoms with Crippen LogP contribution in [0.2, 0.25) is 0 Å². The fraction of sp³-hybridized carbons (Fsp3) is 0.0952. The molecule has 0 atom stereocenters. The Balaban J connectivity index is 2.08. The van der Waals surface area contributed by atoms with Crippen molar-refractivity contribution in [3.05, 3.63) is 92.7 Å². The summed E-state index contributed by atoms with van der Waals surface area (Å²) in [7, 11) is -3.19. The molecule has 0 amide bonds. The Labute approximate surface area is 184 Å². The van der Waals surface area contributed by atoms with Crippen LogP contribution in [0.5, 0.6) is 5.75 Å². The van der Waals surface area contributed by atoms with Crippen LogP contribution in [0, 0.1) is 36.0 Å². The second kappa shape index (κ2) is 9.06. The zero-order valence-electron chi connectivity index (χ0n) is 16.9. The third-order valence-corrected chi connectivity index (χ3v) is 5.54. The molecule has 2 aromatic carbocycles. The highest BCUT2D eigenvalue weighted by atomic mass is 32.2. The van der Waals surface area contributed by atoms with Crippen molar-refractivity contribution in [1.82, 2.24) is 4.73 Å². The standard InChI is InChI=1S/C21H14F5NO5S/c1-11-9-12(3-8-15-17(22)19(24)21(26)20(25)18(15)23)27(16(28)10-11)32-33(29,30)14-6-4-13(31-2)5-7-14/h3-10H,1-2H3. The lowest BCUT2D eigenvalue weighted by atomic mass is 10.1. The number of ether oxygens (including phenoxy) is 1. The Kier molecular flexibility index (Phi) is 6.58. The van der Waals surface area contributed by atoms with Gasteiger partial charge in [-0.05, 0) is 55.0 Å². The summed E-state index contributed by atoms with van der Waals surface area (Å²) in [5, 5.41) is 0. The summed E-state index contributed by atoms with van der Waals surface area (Å²) >= 11 is 0. The molecule has 12 heteroatoms. The molecule has 0 saturated heterocycles. The van der Waals surface area contributed by atoms with Crippen LogP contribution in [0.15, 0.2) is 46.1 Å². The highest BCUT2D eigenvalue weighted by molar-refractivity contribution is 7.87. The Morgan fingerprint density at radius 3 is 1.94 bits per heavy atom. The number of nitrogens with zero attached hydrogens (tertiary/aromatic N) is 1. The van der Waals surface area contributed by atoms with Gasteiger partial charge in [0, 0.05) is 6.07 Å². The molecule has 0 spiro atoms. The zero-order valence-corrected chi connectivity index (χ0v) is 17.7. The van der Waals surface area contributed by atoms with E-state index in [1.54, 1.807) is 0 Å². The number of methoxy groups -OCH3 is 1. The fourth-order valence-electron chi connectivity index (χ4n) is 2.73. The van der Waals surface area contributed by atoms with Gasteiger partial charge in [0.25, 0.3) is 5.56 Å². The number of hydrogen-bond donors (Lipinski definition) is 0. The summed E-state index contributed by atoms with van der Waals surface area (Å²) in [6.07, 6.45) is 1.28. The minimum Gasteiger partial charge on any atom is -0.497 e. The van der Waals surface area contributed by atoms with Gasteiger partial charge >= 0.3 is 10.1 Å². The number of aromatic nitrogens is 1. The van der Waals surface area contributed by atoms with Gasteiger partial charge in [0.1, 0.15) is 10.6 Å². The quantitative estimate of drug-likeness (QED) is 0.300. The van der Waals surface area contributed by atoms with Crippen LogP contribution in [-0.4, -0.2) is 20.3 Å². The monoisotopic (exact) mass is 487 g/mol. The molecule has 3 rings (SSSR count). The molecule has 0 N–H and O–H groups in total. The third-order valence-electron chi connectivity index (χ3n) is 4.35. The molecule has 33 heavy (non-hydrogen) atoms. The van der Waals surface area contributed by atoms with Crippen LogP contribution in [0.25, 0.3) is 12.2 Å². The first kappa shape index (κ1) is 24.0. The summed E-state index contributed by atoms with van der Waals surface area (Å²) in [6.45, 7) is 1.46. The van der Waals surface area contributed by atoms with E-state index in [9.17, 15) is 35.2 Å². The second-order valence-corrected chi connectivity index (χ2v) is 8.14. The van der Waals surface area contributed by atoms with Crippen molar-refractivity contribution in [1.29, 1.82) is 0 Å². The van der Waals surface area contributed by atoms with Crippen molar-refractivity contribution < 1.29 is 39.4 Å². The summed E-state index contributed by atoms with van der Waals surface area (Å²) in [5.41, 5.74) is -2.30. The number of hydrogen-bond acceptors (Lipinski definition) is 5. The van der Waals surface area contributed by atoms with Crippen molar-refractivity contribution in [2.45, 2.75) is 11.8 Å². The first-order valence-electron chi connectivity index (χ1n) is 8.98. The lowest BCUT2D eigenvalue weighted by Crippen LogP contribution is -2.32. The summed E-state index contributed by atoms with van der Waals surface area (Å²) in [5.74, 6) is -10.5. The molecule has 0 aliphatic carbocycles. The molecule has 0 fully saturated rings. The smallest absolute Gasteiger partial charge is 0.357 e. The SMILES string of the molecule is COc1ccc(S(=O)(=O)On2c(C=Cc3c(F)c(F)c(F)c(F)c3F)cc(C)cc2=O)cc1. The van der Waals surface area contributed by atoms with Crippen molar-refractivity contribution in [3.8, 4) is 5.75 Å². The number of rotatable bonds is 6. The number of halogens is 5. The molecule has 6 nitrogen and oxygen atoms in total. The molecular formula is C21H14F5NO5S. The molecule has 0 saturated carbocycles. The fourth-order valence-corrected chi connectivity index (χ4v) is 3.64. The molecule has 174 valence electrons. The number of aryl methyl sites for hydroxylation is 1. The molecule has 1 heterocycles. The second-order valence-electron chi connectivity index (χ2n) is 6.61. The maximum atomic E-state index is 13.9. The van der Waals surface area contributed by atoms with Crippen LogP contribution in [0.1, 0.15) is 16.8 Å². The maximum absolute atomic E-state index is 13.9. The molecular weight excluding hydrogens is 473 g/mol. The lowest BCUT2D eigenvalue weighted by molar-refractivity contribution is 0.264. The minimum absolute atomic E-state index is 0.301. The molecule has 0 bridgehead atoms. The van der Waals surface area contributed by atoms with E-state index in [1.807, 2.05) is 0 Å². The van der Waals surface area contributed by atoms with Crippen molar-refractivity contribution in [2.75, 3.05) is 7.11 Å². The van der Waals surface area contributed by atoms with Gasteiger partial charge in [-0.15, -0.1) is 4.73 Å². The van der Waals surface area contributed by atoms with E-state index in [1.165, 1.54) is 32.2 Å². The van der Waals surface area contributed by atoms with Gasteiger partial charge in [-0.2, -0.15) is 8.42 Å². The molecule has 0 aliphatic rings. The Hall–Kier alpha value is -3.67. The van der Waals surface area contributed by atoms with Crippen LogP contribution in [-0.2, 0) is 10.1 Å². The molecule has 0 unspecified atom stereocenters. The summed E-state index contributed by atoms with van der Waals surface area (Å²) < 4.78 is 103. The lowest BCUT2D eigenvalue weighted by Gasteiger charge is -2.12. The van der Waals surface area contributed by atoms with E-state index in [-0.39, 0.29) is 10.6 Å². The molecule has 3 aromatic rings. The van der Waals surface area contributed by atoms with Gasteiger partial charge in [0.05, 0.1) is 18.4 Å². The van der Waals surface area contributed by atoms with Gasteiger partial charge < -0.3 is 4.74 Å². The average molecular weight is 487 g/mol. The largest absolute Gasteiger partial charge is 0.497 e. The zero-order chi connectivity index (χ0) is 24.5. The Morgan fingerprint density at radius 2 is 1.39 bits per heavy atom. The van der Waals surface area contributed by atoms with Crippen molar-refractivity contribution in [2.24, 2.45) is 0 Å². The van der Waals surface area contributed by atoms with E-state index in [2.05, 4.69) is 0 Å². The van der Waals surface area contributed by atoms with E-state index < -0.39 is 50.3 Å². The predicted octanol–water partition coefficient (Wildman–Crippen LogP) is 3.85. The third kappa shape index (κ3) is 4.75. The van der Waals surface area contributed by atoms with E-state index >= 15 is 0 Å². The van der Waals surface area contributed by atoms with Crippen LogP contribution < -0.4 is 14.6 Å². The first-order valence-corrected chi connectivity index (χ1v) is 10.4. The van der Waals surface area contributed by atoms with Gasteiger partial charge in [0.15, 0.2) is 23.3 Å². The van der Waals surface area contributed by atoms with Gasteiger partial charge in [-0.1, -0.05) is 0 Å². The Morgan fingerprint density at radius 1 is 0.848 bits per heavy atom. The summed E-state index contributed by atoms with van der Waals surface area (Å²) in [4.78, 5) is 12.0. The van der Waals surface area contributed by atoms with Gasteiger partial charge in [-0.25, -0.2) is 22.0 Å². The van der Waals surface area contributed by atoms with Gasteiger partial charge in [-0.3, -0.25) is 9.08 Å². The van der Waals surface area contributed by atoms with Gasteiger partial charge in [0.2, 0.25) is 5.82 Å². The number of benzene rings is 2. The van der Waals surface area contributed by atoms with Crippen molar-refractivity contribution >= 4 is 22.3 Å². The highest BCUT2D eigenvalue weighted by Gasteiger charge is 2.24. The highest BCUT2D eigenvalue weighted by Crippen LogP contribution is 2.25. The first-order chi connectivity index (χ1) is 15.5. The summed E-state index contributed by atoms with van der Waals surface area (Å²) in [6, 6.07) is 7.18. The van der Waals surface area contributed by atoms with E-state index in [0.29, 0.717) is 22.1 Å². The van der Waals surface area contributed by atoms with Crippen LogP contribution in [0.4, 0.5) is 22.0 Å². The molecule has 0 radical (unpaired) electrons. The maximum Gasteiger partial charge on any atom is 0.357 e. The van der Waals surface area contributed by atoms with Crippen LogP contribution in [0.3, 0.4) is 0 Å². The Bertz CT molecular complexity index is 1390. The average Bonchev–Trinajstić information content (AvgIpc) is 2.78. The molecule has 0 aliphatic heterocycles.